The van der Waals surface area contributed by atoms with Crippen molar-refractivity contribution in [2.24, 2.45) is 13.0 Å². The number of rotatable bonds is 4. The van der Waals surface area contributed by atoms with E-state index >= 15 is 0 Å². The summed E-state index contributed by atoms with van der Waals surface area (Å²) in [7, 11) is 1.87. The molecule has 18 heavy (non-hydrogen) atoms. The molecule has 0 radical (unpaired) electrons. The Kier molecular flexibility index (Phi) is 3.57. The van der Waals surface area contributed by atoms with Crippen LogP contribution < -0.4 is 0 Å². The number of carbonyl (C=O) groups excluding carboxylic acids is 1. The van der Waals surface area contributed by atoms with E-state index in [9.17, 15) is 4.79 Å². The van der Waals surface area contributed by atoms with E-state index in [0.29, 0.717) is 11.7 Å². The van der Waals surface area contributed by atoms with Crippen LogP contribution >= 0.6 is 11.6 Å². The second-order valence-corrected chi connectivity index (χ2v) is 5.03. The summed E-state index contributed by atoms with van der Waals surface area (Å²) in [5.74, 6) is 1.04. The van der Waals surface area contributed by atoms with E-state index in [4.69, 9.17) is 11.6 Å². The lowest BCUT2D eigenvalue weighted by Gasteiger charge is -2.04. The number of halogens is 1. The van der Waals surface area contributed by atoms with Gasteiger partial charge < -0.3 is 9.13 Å². The third-order valence-corrected chi connectivity index (χ3v) is 3.26. The number of hydrogen-bond donors (Lipinski definition) is 0. The molecule has 2 rings (SSSR count). The molecule has 0 aliphatic rings. The highest BCUT2D eigenvalue weighted by atomic mass is 35.5. The van der Waals surface area contributed by atoms with Crippen molar-refractivity contribution in [1.29, 1.82) is 0 Å². The van der Waals surface area contributed by atoms with Crippen LogP contribution in [0.25, 0.3) is 0 Å². The third kappa shape index (κ3) is 2.48. The van der Waals surface area contributed by atoms with Crippen LogP contribution in [0.1, 0.15) is 30.0 Å². The van der Waals surface area contributed by atoms with Gasteiger partial charge in [0.15, 0.2) is 5.78 Å². The van der Waals surface area contributed by atoms with Gasteiger partial charge in [0, 0.05) is 30.9 Å². The van der Waals surface area contributed by atoms with Gasteiger partial charge in [0.05, 0.1) is 12.7 Å². The summed E-state index contributed by atoms with van der Waals surface area (Å²) in [6, 6.07) is 1.84. The fourth-order valence-corrected chi connectivity index (χ4v) is 1.90. The molecule has 2 aromatic rings. The topological polar surface area (TPSA) is 39.8 Å². The first-order valence-corrected chi connectivity index (χ1v) is 6.23. The van der Waals surface area contributed by atoms with Crippen LogP contribution in [-0.2, 0) is 13.6 Å². The molecule has 0 aromatic carbocycles. The van der Waals surface area contributed by atoms with E-state index in [1.54, 1.807) is 6.20 Å². The Bertz CT molecular complexity index is 569. The van der Waals surface area contributed by atoms with E-state index in [-0.39, 0.29) is 11.7 Å². The molecule has 96 valence electrons. The van der Waals surface area contributed by atoms with Gasteiger partial charge in [-0.25, -0.2) is 4.98 Å². The van der Waals surface area contributed by atoms with Crippen LogP contribution in [0.15, 0.2) is 24.7 Å². The fraction of sp³-hybridized carbons (Fsp3) is 0.385. The monoisotopic (exact) mass is 265 g/mol. The van der Waals surface area contributed by atoms with E-state index in [1.807, 2.05) is 48.5 Å². The van der Waals surface area contributed by atoms with Gasteiger partial charge in [0.1, 0.15) is 11.0 Å². The maximum absolute atomic E-state index is 11.8. The van der Waals surface area contributed by atoms with Crippen molar-refractivity contribution < 1.29 is 4.79 Å². The zero-order chi connectivity index (χ0) is 13.3. The Labute approximate surface area is 111 Å². The normalized spacial score (nSPS) is 11.2. The van der Waals surface area contributed by atoms with E-state index in [0.717, 1.165) is 11.4 Å². The van der Waals surface area contributed by atoms with Gasteiger partial charge >= 0.3 is 0 Å². The minimum Gasteiger partial charge on any atom is -0.346 e. The molecule has 4 nitrogen and oxygen atoms in total. The van der Waals surface area contributed by atoms with Crippen molar-refractivity contribution in [3.8, 4) is 0 Å². The van der Waals surface area contributed by atoms with Gasteiger partial charge in [-0.1, -0.05) is 25.4 Å². The molecule has 0 amide bonds. The summed E-state index contributed by atoms with van der Waals surface area (Å²) in [5, 5.41) is 0.607. The molecule has 0 fully saturated rings. The van der Waals surface area contributed by atoms with Gasteiger partial charge in [0.25, 0.3) is 0 Å². The number of aromatic nitrogens is 3. The van der Waals surface area contributed by atoms with Crippen molar-refractivity contribution in [2.75, 3.05) is 0 Å². The summed E-state index contributed by atoms with van der Waals surface area (Å²) in [6.07, 6.45) is 5.36. The highest BCUT2D eigenvalue weighted by Gasteiger charge is 2.12. The predicted octanol–water partition coefficient (Wildman–Crippen LogP) is 2.76. The van der Waals surface area contributed by atoms with Gasteiger partial charge in [-0.3, -0.25) is 4.79 Å². The Morgan fingerprint density at radius 2 is 2.22 bits per heavy atom. The number of nitrogens with zero attached hydrogens (tertiary/aromatic N) is 3. The summed E-state index contributed by atoms with van der Waals surface area (Å²) in [4.78, 5) is 16.1. The van der Waals surface area contributed by atoms with Crippen molar-refractivity contribution >= 4 is 17.4 Å². The summed E-state index contributed by atoms with van der Waals surface area (Å²) in [5.41, 5.74) is 0.741. The number of carbonyl (C=O) groups is 1. The molecule has 0 N–H and O–H groups in total. The largest absolute Gasteiger partial charge is 0.346 e. The summed E-state index contributed by atoms with van der Waals surface area (Å²) in [6.45, 7) is 4.41. The lowest BCUT2D eigenvalue weighted by molar-refractivity contribution is 0.0939. The lowest BCUT2D eigenvalue weighted by Crippen LogP contribution is -2.07. The molecule has 0 bridgehead atoms. The van der Waals surface area contributed by atoms with Crippen LogP contribution in [0, 0.1) is 5.92 Å². The average Bonchev–Trinajstić information content (AvgIpc) is 2.90. The quantitative estimate of drug-likeness (QED) is 0.798. The summed E-state index contributed by atoms with van der Waals surface area (Å²) < 4.78 is 3.76. The molecule has 0 aliphatic heterocycles. The van der Waals surface area contributed by atoms with Gasteiger partial charge in [-0.2, -0.15) is 0 Å². The maximum Gasteiger partial charge on any atom is 0.166 e. The van der Waals surface area contributed by atoms with Crippen LogP contribution in [0.4, 0.5) is 0 Å². The first kappa shape index (κ1) is 12.9. The number of ketones is 1. The van der Waals surface area contributed by atoms with Crippen molar-refractivity contribution in [1.82, 2.24) is 14.1 Å². The minimum atomic E-state index is 0.0171. The molecule has 0 unspecified atom stereocenters. The van der Waals surface area contributed by atoms with Crippen LogP contribution in [0.3, 0.4) is 0 Å². The minimum absolute atomic E-state index is 0.0171. The summed E-state index contributed by atoms with van der Waals surface area (Å²) >= 11 is 5.93. The Balaban J connectivity index is 2.16. The van der Waals surface area contributed by atoms with Crippen LogP contribution in [0.5, 0.6) is 0 Å². The Hall–Kier alpha value is -1.55. The highest BCUT2D eigenvalue weighted by molar-refractivity contribution is 6.29. The molecular formula is C13H16ClN3O. The maximum atomic E-state index is 11.8. The number of hydrogen-bond acceptors (Lipinski definition) is 2. The van der Waals surface area contributed by atoms with Gasteiger partial charge in [-0.05, 0) is 6.07 Å². The molecule has 2 heterocycles. The smallest absolute Gasteiger partial charge is 0.166 e. The van der Waals surface area contributed by atoms with E-state index < -0.39 is 0 Å². The standard InChI is InChI=1S/C13H16ClN3O/c1-9(2)13(18)10-4-5-17(7-10)8-12-15-6-11(14)16(12)3/h4-7,9H,8H2,1-3H3. The van der Waals surface area contributed by atoms with Gasteiger partial charge in [-0.15, -0.1) is 0 Å². The molecule has 0 spiro atoms. The first-order chi connectivity index (χ1) is 8.49. The zero-order valence-electron chi connectivity index (χ0n) is 10.7. The third-order valence-electron chi connectivity index (χ3n) is 2.91. The predicted molar refractivity (Wildman–Crippen MR) is 70.9 cm³/mol. The second kappa shape index (κ2) is 4.98. The molecular weight excluding hydrogens is 250 g/mol. The fourth-order valence-electron chi connectivity index (χ4n) is 1.75. The SMILES string of the molecule is CC(C)C(=O)c1ccn(Cc2ncc(Cl)n2C)c1. The Morgan fingerprint density at radius 3 is 2.78 bits per heavy atom. The molecule has 0 atom stereocenters. The number of Topliss-reactive ketones (excluding diaryl/α,β-unsaturated/α-hetero) is 1. The van der Waals surface area contributed by atoms with Crippen LogP contribution in [0.2, 0.25) is 5.15 Å². The number of imidazole rings is 1. The average molecular weight is 266 g/mol. The highest BCUT2D eigenvalue weighted by Crippen LogP contribution is 2.13. The molecule has 0 saturated heterocycles. The molecule has 5 heteroatoms. The van der Waals surface area contributed by atoms with Crippen LogP contribution in [-0.4, -0.2) is 19.9 Å². The zero-order valence-corrected chi connectivity index (χ0v) is 11.5. The van der Waals surface area contributed by atoms with Crippen molar-refractivity contribution in [2.45, 2.75) is 20.4 Å². The molecule has 0 saturated carbocycles. The Morgan fingerprint density at radius 1 is 1.50 bits per heavy atom. The molecule has 2 aromatic heterocycles. The second-order valence-electron chi connectivity index (χ2n) is 4.65. The lowest BCUT2D eigenvalue weighted by atomic mass is 10.0. The van der Waals surface area contributed by atoms with Gasteiger partial charge in [0.2, 0.25) is 0 Å². The molecule has 0 aliphatic carbocycles. The first-order valence-electron chi connectivity index (χ1n) is 5.85. The van der Waals surface area contributed by atoms with E-state index in [2.05, 4.69) is 4.98 Å². The van der Waals surface area contributed by atoms with Crippen molar-refractivity contribution in [3.63, 3.8) is 0 Å². The van der Waals surface area contributed by atoms with E-state index in [1.165, 1.54) is 0 Å². The van der Waals surface area contributed by atoms with Crippen molar-refractivity contribution in [3.05, 3.63) is 41.2 Å².